The fourth-order valence-electron chi connectivity index (χ4n) is 4.96. The number of hydrogen-bond acceptors (Lipinski definition) is 1. The van der Waals surface area contributed by atoms with E-state index in [1.54, 1.807) is 0 Å². The van der Waals surface area contributed by atoms with Crippen molar-refractivity contribution < 1.29 is 16.5 Å². The third-order valence-electron chi connectivity index (χ3n) is 6.84. The van der Waals surface area contributed by atoms with Crippen LogP contribution in [-0.2, 0) is 16.5 Å². The first kappa shape index (κ1) is 24.0. The minimum absolute atomic E-state index is 0. The molecule has 3 aliphatic rings. The summed E-state index contributed by atoms with van der Waals surface area (Å²) in [6, 6.07) is 28.8. The zero-order valence-electron chi connectivity index (χ0n) is 20.9. The van der Waals surface area contributed by atoms with Crippen molar-refractivity contribution >= 4 is 28.2 Å². The second kappa shape index (κ2) is 9.48. The van der Waals surface area contributed by atoms with E-state index >= 15 is 0 Å². The van der Waals surface area contributed by atoms with Gasteiger partial charge < -0.3 is 25.5 Å². The van der Waals surface area contributed by atoms with Crippen LogP contribution in [0.15, 0.2) is 103 Å². The second-order valence-corrected chi connectivity index (χ2v) is 9.42. The Labute approximate surface area is 231 Å². The standard InChI is InChI=1S/C32H23N5.Ni/c1-37(2)22-10-8-21(9-11-22)32-29-18-14-25(35-29)23-12-16-27(33-23)31(20-6-4-3-5-7-20)28-17-13-24(34-28)26-15-19-30(32)36-26;/h3-19H,1-2H3;/q-2;+2/b25-23-,26-24-,31-27-,32-30-;. The Morgan fingerprint density at radius 1 is 0.553 bits per heavy atom. The van der Waals surface area contributed by atoms with Gasteiger partial charge in [-0.3, -0.25) is 0 Å². The number of rotatable bonds is 3. The number of benzene rings is 2. The first-order chi connectivity index (χ1) is 18.1. The Kier molecular flexibility index (Phi) is 5.97. The largest absolute Gasteiger partial charge is 2.00 e. The second-order valence-electron chi connectivity index (χ2n) is 9.42. The minimum Gasteiger partial charge on any atom is -0.612 e. The molecule has 0 fully saturated rings. The van der Waals surface area contributed by atoms with Crippen LogP contribution in [0.25, 0.3) is 33.2 Å². The van der Waals surface area contributed by atoms with Gasteiger partial charge >= 0.3 is 16.5 Å². The number of fused-ring (bicyclic) bond motifs is 8. The number of aromatic nitrogens is 2. The van der Waals surface area contributed by atoms with E-state index in [1.165, 1.54) is 0 Å². The van der Waals surface area contributed by atoms with Gasteiger partial charge in [-0.1, -0.05) is 41.7 Å². The van der Waals surface area contributed by atoms with Crippen LogP contribution in [0.1, 0.15) is 11.1 Å². The maximum absolute atomic E-state index is 5.03. The molecule has 0 amide bonds. The molecule has 0 saturated carbocycles. The average molecular weight is 536 g/mol. The summed E-state index contributed by atoms with van der Waals surface area (Å²) >= 11 is 0. The topological polar surface area (TPSA) is 59.6 Å². The predicted molar refractivity (Wildman–Crippen MR) is 149 cm³/mol. The van der Waals surface area contributed by atoms with Crippen molar-refractivity contribution in [1.29, 1.82) is 0 Å². The van der Waals surface area contributed by atoms with Crippen LogP contribution >= 0.6 is 0 Å². The van der Waals surface area contributed by atoms with Gasteiger partial charge in [0.25, 0.3) is 0 Å². The molecule has 6 heteroatoms. The smallest absolute Gasteiger partial charge is 0.612 e. The molecule has 2 aromatic heterocycles. The maximum atomic E-state index is 5.03. The van der Waals surface area contributed by atoms with E-state index < -0.39 is 0 Å². The normalized spacial score (nSPS) is 21.0. The Morgan fingerprint density at radius 3 is 1.53 bits per heavy atom. The van der Waals surface area contributed by atoms with Crippen LogP contribution < -0.4 is 36.3 Å². The summed E-state index contributed by atoms with van der Waals surface area (Å²) in [5, 5.41) is 13.5. The fourth-order valence-corrected chi connectivity index (χ4v) is 4.96. The molecule has 0 aliphatic carbocycles. The molecule has 0 spiro atoms. The summed E-state index contributed by atoms with van der Waals surface area (Å²) in [6.07, 6.45) is 8.20. The van der Waals surface area contributed by atoms with Crippen molar-refractivity contribution in [2.75, 3.05) is 19.0 Å². The van der Waals surface area contributed by atoms with Gasteiger partial charge in [-0.15, -0.1) is 10.7 Å². The van der Waals surface area contributed by atoms with Gasteiger partial charge in [-0.25, -0.2) is 0 Å². The summed E-state index contributed by atoms with van der Waals surface area (Å²) in [5.41, 5.74) is 6.97. The van der Waals surface area contributed by atoms with E-state index in [-0.39, 0.29) is 16.5 Å². The first-order valence-corrected chi connectivity index (χ1v) is 12.3. The van der Waals surface area contributed by atoms with E-state index in [0.717, 1.165) is 72.8 Å². The van der Waals surface area contributed by atoms with Gasteiger partial charge in [0.2, 0.25) is 0 Å². The van der Waals surface area contributed by atoms with Crippen molar-refractivity contribution in [3.05, 3.63) is 158 Å². The maximum Gasteiger partial charge on any atom is 2.00 e. The molecule has 5 heterocycles. The molecule has 8 bridgehead atoms. The Hall–Kier alpha value is -4.41. The van der Waals surface area contributed by atoms with Crippen LogP contribution in [0.2, 0.25) is 0 Å². The predicted octanol–water partition coefficient (Wildman–Crippen LogP) is 2.94. The zero-order chi connectivity index (χ0) is 24.9. The van der Waals surface area contributed by atoms with E-state index in [4.69, 9.17) is 20.6 Å². The van der Waals surface area contributed by atoms with Crippen molar-refractivity contribution in [1.82, 2.24) is 9.97 Å². The van der Waals surface area contributed by atoms with Crippen LogP contribution in [0.3, 0.4) is 0 Å². The molecular weight excluding hydrogens is 513 g/mol. The van der Waals surface area contributed by atoms with Crippen LogP contribution in [-0.4, -0.2) is 14.1 Å². The summed E-state index contributed by atoms with van der Waals surface area (Å²) in [6.45, 7) is 0. The summed E-state index contributed by atoms with van der Waals surface area (Å²) in [4.78, 5) is 12.1. The third-order valence-corrected chi connectivity index (χ3v) is 6.84. The Bertz CT molecular complexity index is 1800. The molecule has 3 aliphatic heterocycles. The molecule has 38 heavy (non-hydrogen) atoms. The molecule has 2 aromatic carbocycles. The van der Waals surface area contributed by atoms with Crippen molar-refractivity contribution in [2.24, 2.45) is 0 Å². The quantitative estimate of drug-likeness (QED) is 0.299. The molecule has 4 aromatic rings. The van der Waals surface area contributed by atoms with E-state index in [0.29, 0.717) is 0 Å². The van der Waals surface area contributed by atoms with Crippen LogP contribution in [0.5, 0.6) is 0 Å². The SMILES string of the molecule is CN(C)c1ccc(/C2=c3\cc/c([n-]3)=C3\C=C[C+]([N-]3)/C(c3ccccc3)=c3/cc/c([n-]3)=C3\C=C[C+]2[N-]3)cc1.[Ni+2]. The van der Waals surface area contributed by atoms with Crippen molar-refractivity contribution in [3.8, 4) is 0 Å². The van der Waals surface area contributed by atoms with Crippen molar-refractivity contribution in [3.63, 3.8) is 0 Å². The van der Waals surface area contributed by atoms with E-state index in [1.807, 2.05) is 56.6 Å². The molecule has 0 unspecified atom stereocenters. The molecule has 7 rings (SSSR count). The third kappa shape index (κ3) is 4.04. The zero-order valence-corrected chi connectivity index (χ0v) is 21.9. The van der Waals surface area contributed by atoms with Gasteiger partial charge in [-0.2, -0.15) is 0 Å². The van der Waals surface area contributed by atoms with Gasteiger partial charge in [0, 0.05) is 31.9 Å². The van der Waals surface area contributed by atoms with E-state index in [2.05, 4.69) is 65.6 Å². The molecule has 0 N–H and O–H groups in total. The van der Waals surface area contributed by atoms with Crippen molar-refractivity contribution in [2.45, 2.75) is 0 Å². The van der Waals surface area contributed by atoms with Gasteiger partial charge in [-0.05, 0) is 83.5 Å². The molecule has 5 nitrogen and oxygen atoms in total. The molecule has 186 valence electrons. The summed E-state index contributed by atoms with van der Waals surface area (Å²) in [5.74, 6) is 0. The summed E-state index contributed by atoms with van der Waals surface area (Å²) in [7, 11) is 4.09. The molecular formula is C32H23N5Ni. The first-order valence-electron chi connectivity index (χ1n) is 12.3. The molecule has 0 atom stereocenters. The van der Waals surface area contributed by atoms with Gasteiger partial charge in [0.15, 0.2) is 0 Å². The number of anilines is 1. The van der Waals surface area contributed by atoms with Gasteiger partial charge in [0.05, 0.1) is 22.3 Å². The molecule has 0 saturated heterocycles. The van der Waals surface area contributed by atoms with Crippen LogP contribution in [0, 0.1) is 12.1 Å². The Balaban J connectivity index is 0.00000264. The minimum atomic E-state index is 0. The van der Waals surface area contributed by atoms with Gasteiger partial charge in [0.1, 0.15) is 0 Å². The monoisotopic (exact) mass is 535 g/mol. The number of hydrogen-bond donors (Lipinski definition) is 0. The Morgan fingerprint density at radius 2 is 1.03 bits per heavy atom. The van der Waals surface area contributed by atoms with E-state index in [9.17, 15) is 0 Å². The average Bonchev–Trinajstić information content (AvgIpc) is 3.72. The number of nitrogens with zero attached hydrogens (tertiary/aromatic N) is 5. The summed E-state index contributed by atoms with van der Waals surface area (Å²) < 4.78 is 0. The van der Waals surface area contributed by atoms with Crippen LogP contribution in [0.4, 0.5) is 5.69 Å². The molecule has 0 radical (unpaired) electrons. The fraction of sp³-hybridized carbons (Fsp3) is 0.0625.